The van der Waals surface area contributed by atoms with Crippen molar-refractivity contribution in [2.75, 3.05) is 13.2 Å². The Morgan fingerprint density at radius 1 is 1.11 bits per heavy atom. The minimum absolute atomic E-state index is 0.0651. The van der Waals surface area contributed by atoms with E-state index in [0.29, 0.717) is 37.4 Å². The van der Waals surface area contributed by atoms with Crippen LogP contribution < -0.4 is 20.1 Å². The van der Waals surface area contributed by atoms with E-state index >= 15 is 0 Å². The van der Waals surface area contributed by atoms with Crippen LogP contribution in [-0.2, 0) is 4.79 Å². The molecule has 4 atom stereocenters. The predicted octanol–water partition coefficient (Wildman–Crippen LogP) is 4.72. The Labute approximate surface area is 222 Å². The summed E-state index contributed by atoms with van der Waals surface area (Å²) >= 11 is 0. The van der Waals surface area contributed by atoms with Gasteiger partial charge in [0.05, 0.1) is 31.7 Å². The largest absolute Gasteiger partial charge is 0.493 e. The quantitative estimate of drug-likeness (QED) is 0.511. The van der Waals surface area contributed by atoms with Gasteiger partial charge in [-0.1, -0.05) is 32.1 Å². The maximum atomic E-state index is 13.6. The van der Waals surface area contributed by atoms with E-state index in [-0.39, 0.29) is 35.8 Å². The normalized spacial score (nSPS) is 29.3. The van der Waals surface area contributed by atoms with Crippen molar-refractivity contribution in [2.45, 2.75) is 63.6 Å². The van der Waals surface area contributed by atoms with Crippen molar-refractivity contribution in [1.29, 1.82) is 5.41 Å². The van der Waals surface area contributed by atoms with Gasteiger partial charge in [0.15, 0.2) is 5.96 Å². The summed E-state index contributed by atoms with van der Waals surface area (Å²) in [5.41, 5.74) is 2.83. The number of carbonyl (C=O) groups is 2. The molecule has 0 radical (unpaired) electrons. The average Bonchev–Trinajstić information content (AvgIpc) is 2.91. The molecule has 2 aromatic rings. The fourth-order valence-electron chi connectivity index (χ4n) is 6.20. The lowest BCUT2D eigenvalue weighted by Gasteiger charge is -2.46. The van der Waals surface area contributed by atoms with Crippen LogP contribution in [0.15, 0.2) is 42.5 Å². The molecule has 2 aromatic carbocycles. The van der Waals surface area contributed by atoms with Gasteiger partial charge in [-0.25, -0.2) is 0 Å². The zero-order valence-electron chi connectivity index (χ0n) is 21.9. The molecule has 0 unspecified atom stereocenters. The van der Waals surface area contributed by atoms with Crippen LogP contribution in [0.4, 0.5) is 0 Å². The summed E-state index contributed by atoms with van der Waals surface area (Å²) in [5.74, 6) is 1.42. The maximum absolute atomic E-state index is 13.6. The Bertz CT molecular complexity index is 1320. The van der Waals surface area contributed by atoms with E-state index in [0.717, 1.165) is 41.7 Å². The molecule has 38 heavy (non-hydrogen) atoms. The second-order valence-electron chi connectivity index (χ2n) is 10.9. The topological polar surface area (TPSA) is 104 Å². The molecule has 8 heteroatoms. The number of hydrogen-bond acceptors (Lipinski definition) is 5. The number of allylic oxidation sites excluding steroid dienone is 1. The van der Waals surface area contributed by atoms with Gasteiger partial charge in [-0.2, -0.15) is 0 Å². The van der Waals surface area contributed by atoms with E-state index in [9.17, 15) is 9.59 Å². The van der Waals surface area contributed by atoms with Crippen LogP contribution in [0.1, 0.15) is 85.1 Å². The number of guanidine groups is 1. The summed E-state index contributed by atoms with van der Waals surface area (Å²) < 4.78 is 11.9. The smallest absolute Gasteiger partial charge is 0.251 e. The minimum Gasteiger partial charge on any atom is -0.493 e. The number of nitrogens with zero attached hydrogens (tertiary/aromatic N) is 1. The molecule has 5 aliphatic rings. The molecule has 0 aliphatic carbocycles. The highest BCUT2D eigenvalue weighted by atomic mass is 16.5. The number of ether oxygens (including phenoxy) is 2. The van der Waals surface area contributed by atoms with Gasteiger partial charge < -0.3 is 20.1 Å². The molecule has 0 saturated carbocycles. The third-order valence-electron chi connectivity index (χ3n) is 8.48. The average molecular weight is 515 g/mol. The van der Waals surface area contributed by atoms with Crippen LogP contribution in [-0.4, -0.2) is 41.4 Å². The van der Waals surface area contributed by atoms with Crippen molar-refractivity contribution in [2.24, 2.45) is 5.92 Å². The van der Waals surface area contributed by atoms with Crippen LogP contribution in [0.25, 0.3) is 6.08 Å². The zero-order chi connectivity index (χ0) is 26.4. The van der Waals surface area contributed by atoms with Crippen LogP contribution in [0, 0.1) is 11.3 Å². The Hall–Kier alpha value is -3.81. The summed E-state index contributed by atoms with van der Waals surface area (Å²) in [4.78, 5) is 28.7. The first kappa shape index (κ1) is 24.5. The lowest BCUT2D eigenvalue weighted by molar-refractivity contribution is -0.133. The van der Waals surface area contributed by atoms with E-state index in [1.807, 2.05) is 18.2 Å². The molecule has 3 N–H and O–H groups in total. The molecule has 0 aromatic heterocycles. The first-order chi connectivity index (χ1) is 18.4. The Kier molecular flexibility index (Phi) is 6.13. The highest BCUT2D eigenvalue weighted by molar-refractivity contribution is 6.00. The first-order valence-corrected chi connectivity index (χ1v) is 13.6. The number of nitrogens with one attached hydrogen (secondary N) is 3. The summed E-state index contributed by atoms with van der Waals surface area (Å²) in [6, 6.07) is 10.9. The Morgan fingerprint density at radius 2 is 1.92 bits per heavy atom. The van der Waals surface area contributed by atoms with Gasteiger partial charge in [-0.05, 0) is 55.2 Å². The lowest BCUT2D eigenvalue weighted by Crippen LogP contribution is -2.63. The number of amides is 2. The molecule has 8 nitrogen and oxygen atoms in total. The molecule has 2 amide bonds. The predicted molar refractivity (Wildman–Crippen MR) is 144 cm³/mol. The third-order valence-corrected chi connectivity index (χ3v) is 8.48. The van der Waals surface area contributed by atoms with Gasteiger partial charge in [0.25, 0.3) is 5.91 Å². The van der Waals surface area contributed by atoms with Gasteiger partial charge in [0.2, 0.25) is 5.91 Å². The van der Waals surface area contributed by atoms with Crippen molar-refractivity contribution in [3.05, 3.63) is 64.7 Å². The zero-order valence-corrected chi connectivity index (χ0v) is 21.9. The second-order valence-corrected chi connectivity index (χ2v) is 10.9. The standard InChI is InChI=1S/C30H34N4O4/c1-3-30-12-5-4-6-19-7-9-25-22(14-19)27(18(2)17-38-25)32-28(36)20-8-10-24-21(15-20)23(11-13-37-24)34(26(35)16-30)29(31)33-30/h4,6-10,14-15,18,23,27H,3,5,11-13,16-17H2,1-2H3,(H2,31,33)(H,32,36)/b6-4+/t18-,23-,27+,30-/m1/s1. The van der Waals surface area contributed by atoms with Gasteiger partial charge in [0.1, 0.15) is 11.5 Å². The van der Waals surface area contributed by atoms with Crippen molar-refractivity contribution in [3.63, 3.8) is 0 Å². The maximum Gasteiger partial charge on any atom is 0.251 e. The number of rotatable bonds is 1. The number of fused-ring (bicyclic) bond motifs is 5. The van der Waals surface area contributed by atoms with Crippen molar-refractivity contribution >= 4 is 23.8 Å². The molecule has 5 heterocycles. The SMILES string of the molecule is CC[C@]12CC/C=C/c3ccc4c(c3)[C@@H](NC(=O)c3ccc5c(c3)[C@@H](CCO5)N(C(=N)N1)C(=O)C2)[C@H](C)CO4. The van der Waals surface area contributed by atoms with Crippen molar-refractivity contribution in [1.82, 2.24) is 15.5 Å². The molecule has 6 bridgehead atoms. The second kappa shape index (κ2) is 9.49. The molecular weight excluding hydrogens is 480 g/mol. The Balaban J connectivity index is 1.45. The van der Waals surface area contributed by atoms with E-state index < -0.39 is 5.54 Å². The van der Waals surface area contributed by atoms with E-state index in [4.69, 9.17) is 14.9 Å². The molecule has 5 aliphatic heterocycles. The van der Waals surface area contributed by atoms with Gasteiger partial charge in [-0.3, -0.25) is 19.9 Å². The molecule has 1 saturated heterocycles. The van der Waals surface area contributed by atoms with Crippen molar-refractivity contribution < 1.29 is 19.1 Å². The molecule has 7 rings (SSSR count). The lowest BCUT2D eigenvalue weighted by atomic mass is 9.83. The Morgan fingerprint density at radius 3 is 2.74 bits per heavy atom. The molecular formula is C30H34N4O4. The van der Waals surface area contributed by atoms with E-state index in [1.165, 1.54) is 0 Å². The summed E-state index contributed by atoms with van der Waals surface area (Å²) in [6.45, 7) is 5.12. The number of hydrogen-bond donors (Lipinski definition) is 3. The molecule has 1 fully saturated rings. The first-order valence-electron chi connectivity index (χ1n) is 13.6. The summed E-state index contributed by atoms with van der Waals surface area (Å²) in [5, 5.41) is 15.5. The highest BCUT2D eigenvalue weighted by Crippen LogP contribution is 2.41. The van der Waals surface area contributed by atoms with Crippen molar-refractivity contribution in [3.8, 4) is 11.5 Å². The van der Waals surface area contributed by atoms with Gasteiger partial charge in [-0.15, -0.1) is 0 Å². The minimum atomic E-state index is -0.458. The highest BCUT2D eigenvalue weighted by Gasteiger charge is 2.44. The van der Waals surface area contributed by atoms with Gasteiger partial charge in [0, 0.05) is 34.6 Å². The molecule has 0 spiro atoms. The van der Waals surface area contributed by atoms with E-state index in [2.05, 4.69) is 42.7 Å². The summed E-state index contributed by atoms with van der Waals surface area (Å²) in [6.07, 6.45) is 7.36. The van der Waals surface area contributed by atoms with E-state index in [1.54, 1.807) is 17.0 Å². The third kappa shape index (κ3) is 4.22. The van der Waals surface area contributed by atoms with Crippen LogP contribution >= 0.6 is 0 Å². The van der Waals surface area contributed by atoms with Crippen LogP contribution in [0.3, 0.4) is 0 Å². The van der Waals surface area contributed by atoms with Crippen LogP contribution in [0.2, 0.25) is 0 Å². The fraction of sp³-hybridized carbons (Fsp3) is 0.433. The van der Waals surface area contributed by atoms with Gasteiger partial charge >= 0.3 is 0 Å². The summed E-state index contributed by atoms with van der Waals surface area (Å²) in [7, 11) is 0. The van der Waals surface area contributed by atoms with Crippen LogP contribution in [0.5, 0.6) is 11.5 Å². The number of carbonyl (C=O) groups excluding carboxylic acids is 2. The fourth-order valence-corrected chi connectivity index (χ4v) is 6.20. The molecule has 198 valence electrons. The monoisotopic (exact) mass is 514 g/mol. The number of benzene rings is 2.